The van der Waals surface area contributed by atoms with Crippen LogP contribution in [0.4, 0.5) is 5.69 Å². The molecule has 3 heterocycles. The Morgan fingerprint density at radius 1 is 0.960 bits per heavy atom. The third-order valence-corrected chi connectivity index (χ3v) is 6.69. The van der Waals surface area contributed by atoms with E-state index < -0.39 is 0 Å². The van der Waals surface area contributed by atoms with Gasteiger partial charge in [0.05, 0.1) is 0 Å². The number of anilines is 1. The zero-order valence-corrected chi connectivity index (χ0v) is 16.5. The molecule has 0 saturated carbocycles. The molecule has 138 valence electrons. The fraction of sp³-hybridized carbons (Fsp3) is 0.714. The van der Waals surface area contributed by atoms with Crippen molar-refractivity contribution in [3.63, 3.8) is 0 Å². The summed E-state index contributed by atoms with van der Waals surface area (Å²) in [5.41, 5.74) is 7.05. The van der Waals surface area contributed by atoms with Crippen molar-refractivity contribution in [2.75, 3.05) is 44.2 Å². The molecule has 0 spiro atoms. The van der Waals surface area contributed by atoms with Gasteiger partial charge in [-0.05, 0) is 76.7 Å². The van der Waals surface area contributed by atoms with Crippen molar-refractivity contribution in [3.05, 3.63) is 22.3 Å². The fourth-order valence-electron chi connectivity index (χ4n) is 5.44. The minimum Gasteiger partial charge on any atom is -0.487 e. The first-order chi connectivity index (χ1) is 11.9. The van der Waals surface area contributed by atoms with Gasteiger partial charge in [-0.25, -0.2) is 0 Å². The van der Waals surface area contributed by atoms with Gasteiger partial charge in [-0.3, -0.25) is 0 Å². The Balaban J connectivity index is 1.86. The molecule has 0 amide bonds. The summed E-state index contributed by atoms with van der Waals surface area (Å²) >= 11 is 0. The van der Waals surface area contributed by atoms with Crippen LogP contribution in [0.25, 0.3) is 0 Å². The first-order valence-electron chi connectivity index (χ1n) is 9.91. The minimum atomic E-state index is -0.122. The second-order valence-electron chi connectivity index (χ2n) is 8.64. The lowest BCUT2D eigenvalue weighted by Gasteiger charge is -2.34. The molecule has 2 fully saturated rings. The van der Waals surface area contributed by atoms with Crippen LogP contribution >= 0.6 is 0 Å². The van der Waals surface area contributed by atoms with Crippen molar-refractivity contribution < 1.29 is 4.74 Å². The molecule has 4 nitrogen and oxygen atoms in total. The number of hydrogen-bond acceptors (Lipinski definition) is 4. The molecule has 2 atom stereocenters. The third-order valence-electron chi connectivity index (χ3n) is 6.69. The van der Waals surface area contributed by atoms with Crippen LogP contribution in [0.2, 0.25) is 0 Å². The van der Waals surface area contributed by atoms with Crippen molar-refractivity contribution in [1.29, 1.82) is 0 Å². The Kier molecular flexibility index (Phi) is 4.24. The lowest BCUT2D eigenvalue weighted by atomic mass is 9.74. The van der Waals surface area contributed by atoms with Gasteiger partial charge in [0.25, 0.3) is 0 Å². The SMILES string of the molecule is Cc1c(C)c(N2CCNCC2)c(C)c2c1OC(C)(C)C2C1CCNC1. The Morgan fingerprint density at radius 2 is 1.68 bits per heavy atom. The van der Waals surface area contributed by atoms with Crippen molar-refractivity contribution in [1.82, 2.24) is 10.6 Å². The number of piperazine rings is 1. The number of nitrogens with zero attached hydrogens (tertiary/aromatic N) is 1. The number of fused-ring (bicyclic) bond motifs is 1. The van der Waals surface area contributed by atoms with E-state index in [0.717, 1.165) is 39.3 Å². The van der Waals surface area contributed by atoms with Gasteiger partial charge in [-0.2, -0.15) is 0 Å². The first kappa shape index (κ1) is 17.2. The number of ether oxygens (including phenoxy) is 1. The van der Waals surface area contributed by atoms with Crippen LogP contribution in [0.1, 0.15) is 48.4 Å². The number of hydrogen-bond donors (Lipinski definition) is 2. The summed E-state index contributed by atoms with van der Waals surface area (Å²) in [5.74, 6) is 2.34. The van der Waals surface area contributed by atoms with E-state index in [-0.39, 0.29) is 5.60 Å². The normalized spacial score (nSPS) is 28.1. The molecular formula is C21H33N3O. The molecule has 2 unspecified atom stereocenters. The third kappa shape index (κ3) is 2.65. The smallest absolute Gasteiger partial charge is 0.127 e. The fourth-order valence-corrected chi connectivity index (χ4v) is 5.44. The highest BCUT2D eigenvalue weighted by Crippen LogP contribution is 2.55. The number of nitrogens with one attached hydrogen (secondary N) is 2. The van der Waals surface area contributed by atoms with E-state index in [0.29, 0.717) is 11.8 Å². The molecule has 0 radical (unpaired) electrons. The van der Waals surface area contributed by atoms with Crippen molar-refractivity contribution in [2.45, 2.75) is 52.6 Å². The second kappa shape index (κ2) is 6.17. The predicted molar refractivity (Wildman–Crippen MR) is 104 cm³/mol. The average Bonchev–Trinajstić information content (AvgIpc) is 3.19. The maximum atomic E-state index is 6.60. The van der Waals surface area contributed by atoms with Gasteiger partial charge in [0.15, 0.2) is 0 Å². The van der Waals surface area contributed by atoms with E-state index in [9.17, 15) is 0 Å². The number of benzene rings is 1. The van der Waals surface area contributed by atoms with E-state index in [1.165, 1.54) is 40.1 Å². The standard InChI is InChI=1S/C21H33N3O/c1-13-14(2)20-17(15(3)19(13)24-10-8-22-9-11-24)18(21(4,5)25-20)16-6-7-23-12-16/h16,18,22-23H,6-12H2,1-5H3. The van der Waals surface area contributed by atoms with E-state index in [2.05, 4.69) is 50.2 Å². The molecule has 0 aliphatic carbocycles. The zero-order valence-electron chi connectivity index (χ0n) is 16.5. The van der Waals surface area contributed by atoms with Gasteiger partial charge < -0.3 is 20.3 Å². The molecule has 4 heteroatoms. The molecule has 1 aromatic rings. The van der Waals surface area contributed by atoms with Crippen LogP contribution in [0.15, 0.2) is 0 Å². The Labute approximate surface area is 152 Å². The van der Waals surface area contributed by atoms with E-state index >= 15 is 0 Å². The largest absolute Gasteiger partial charge is 0.487 e. The van der Waals surface area contributed by atoms with Crippen molar-refractivity contribution >= 4 is 5.69 Å². The molecule has 0 bridgehead atoms. The minimum absolute atomic E-state index is 0.122. The monoisotopic (exact) mass is 343 g/mol. The molecule has 2 N–H and O–H groups in total. The maximum Gasteiger partial charge on any atom is 0.127 e. The molecular weight excluding hydrogens is 310 g/mol. The summed E-state index contributed by atoms with van der Waals surface area (Å²) in [6, 6.07) is 0. The van der Waals surface area contributed by atoms with Gasteiger partial charge in [0, 0.05) is 43.3 Å². The molecule has 0 aromatic heterocycles. The van der Waals surface area contributed by atoms with E-state index in [1.807, 2.05) is 0 Å². The summed E-state index contributed by atoms with van der Waals surface area (Å²) in [6.07, 6.45) is 1.26. The topological polar surface area (TPSA) is 36.5 Å². The number of rotatable bonds is 2. The lowest BCUT2D eigenvalue weighted by Crippen LogP contribution is -2.44. The van der Waals surface area contributed by atoms with Gasteiger partial charge >= 0.3 is 0 Å². The average molecular weight is 344 g/mol. The van der Waals surface area contributed by atoms with Crippen LogP contribution in [0.5, 0.6) is 5.75 Å². The highest BCUT2D eigenvalue weighted by atomic mass is 16.5. The Morgan fingerprint density at radius 3 is 2.32 bits per heavy atom. The first-order valence-corrected chi connectivity index (χ1v) is 9.91. The van der Waals surface area contributed by atoms with Crippen LogP contribution in [0, 0.1) is 26.7 Å². The van der Waals surface area contributed by atoms with Crippen LogP contribution in [-0.2, 0) is 0 Å². The van der Waals surface area contributed by atoms with E-state index in [1.54, 1.807) is 0 Å². The predicted octanol–water partition coefficient (Wildman–Crippen LogP) is 2.89. The van der Waals surface area contributed by atoms with Crippen LogP contribution in [0.3, 0.4) is 0 Å². The second-order valence-corrected chi connectivity index (χ2v) is 8.64. The van der Waals surface area contributed by atoms with Gasteiger partial charge in [0.1, 0.15) is 11.4 Å². The summed E-state index contributed by atoms with van der Waals surface area (Å²) in [5, 5.41) is 7.05. The van der Waals surface area contributed by atoms with Gasteiger partial charge in [-0.15, -0.1) is 0 Å². The van der Waals surface area contributed by atoms with Crippen LogP contribution < -0.4 is 20.3 Å². The quantitative estimate of drug-likeness (QED) is 0.866. The Hall–Kier alpha value is -1.26. The molecule has 25 heavy (non-hydrogen) atoms. The highest BCUT2D eigenvalue weighted by Gasteiger charge is 2.48. The molecule has 1 aromatic carbocycles. The molecule has 4 rings (SSSR count). The van der Waals surface area contributed by atoms with Gasteiger partial charge in [0.2, 0.25) is 0 Å². The highest BCUT2D eigenvalue weighted by molar-refractivity contribution is 5.71. The van der Waals surface area contributed by atoms with Gasteiger partial charge in [-0.1, -0.05) is 0 Å². The van der Waals surface area contributed by atoms with E-state index in [4.69, 9.17) is 4.74 Å². The lowest BCUT2D eigenvalue weighted by molar-refractivity contribution is 0.0884. The molecule has 3 aliphatic heterocycles. The summed E-state index contributed by atoms with van der Waals surface area (Å²) < 4.78 is 6.60. The summed E-state index contributed by atoms with van der Waals surface area (Å²) in [6.45, 7) is 18.0. The zero-order chi connectivity index (χ0) is 17.8. The summed E-state index contributed by atoms with van der Waals surface area (Å²) in [4.78, 5) is 2.59. The molecule has 3 aliphatic rings. The van der Waals surface area contributed by atoms with Crippen molar-refractivity contribution in [2.24, 2.45) is 5.92 Å². The molecule has 2 saturated heterocycles. The maximum absolute atomic E-state index is 6.60. The van der Waals surface area contributed by atoms with Crippen LogP contribution in [-0.4, -0.2) is 44.9 Å². The van der Waals surface area contributed by atoms with Crippen molar-refractivity contribution in [3.8, 4) is 5.75 Å². The Bertz CT molecular complexity index is 670. The summed E-state index contributed by atoms with van der Waals surface area (Å²) in [7, 11) is 0.